The maximum Gasteiger partial charge on any atom is 0.199 e. The summed E-state index contributed by atoms with van der Waals surface area (Å²) in [6, 6.07) is 4.33. The lowest BCUT2D eigenvalue weighted by Crippen LogP contribution is -2.27. The van der Waals surface area contributed by atoms with Gasteiger partial charge in [0.05, 0.1) is 5.69 Å². The van der Waals surface area contributed by atoms with Gasteiger partial charge in [0.25, 0.3) is 0 Å². The lowest BCUT2D eigenvalue weighted by atomic mass is 10.1. The number of hydrogen-bond donors (Lipinski definition) is 1. The zero-order valence-corrected chi connectivity index (χ0v) is 9.59. The Morgan fingerprint density at radius 3 is 3.06 bits per heavy atom. The van der Waals surface area contributed by atoms with E-state index in [1.165, 1.54) is 11.1 Å². The summed E-state index contributed by atoms with van der Waals surface area (Å²) < 4.78 is 1.47. The van der Waals surface area contributed by atoms with Crippen LogP contribution in [-0.2, 0) is 6.42 Å². The minimum atomic E-state index is 0.464. The molecule has 0 saturated heterocycles. The molecule has 0 radical (unpaired) electrons. The molecule has 86 valence electrons. The van der Waals surface area contributed by atoms with E-state index in [1.807, 2.05) is 19.2 Å². The summed E-state index contributed by atoms with van der Waals surface area (Å²) in [6.07, 6.45) is 3.21. The van der Waals surface area contributed by atoms with Crippen LogP contribution >= 0.6 is 0 Å². The molecule has 2 aromatic rings. The largest absolute Gasteiger partial charge is 0.317 e. The van der Waals surface area contributed by atoms with E-state index >= 15 is 0 Å². The summed E-state index contributed by atoms with van der Waals surface area (Å²) in [5, 5.41) is 18.8. The Hall–Kier alpha value is -1.56. The first-order valence-electron chi connectivity index (χ1n) is 5.55. The van der Waals surface area contributed by atoms with Gasteiger partial charge in [-0.25, -0.2) is 0 Å². The van der Waals surface area contributed by atoms with Gasteiger partial charge in [-0.05, 0) is 36.0 Å². The number of aromatic nitrogens is 5. The molecule has 0 spiro atoms. The second kappa shape index (κ2) is 4.98. The standard InChI is InChI=1S/C10H16N6/c1-3-4-8(11-2)7-9-5-6-10-12-14-15-16(10)13-9/h5-6,8,11H,3-4,7H2,1-2H3. The van der Waals surface area contributed by atoms with E-state index in [-0.39, 0.29) is 0 Å². The van der Waals surface area contributed by atoms with Gasteiger partial charge in [-0.15, -0.1) is 9.73 Å². The molecule has 0 aliphatic heterocycles. The van der Waals surface area contributed by atoms with Crippen molar-refractivity contribution in [3.63, 3.8) is 0 Å². The normalized spacial score (nSPS) is 13.1. The van der Waals surface area contributed by atoms with Crippen LogP contribution in [0.4, 0.5) is 0 Å². The quantitative estimate of drug-likeness (QED) is 0.792. The third-order valence-electron chi connectivity index (χ3n) is 2.63. The van der Waals surface area contributed by atoms with Crippen molar-refractivity contribution < 1.29 is 0 Å². The molecule has 0 aliphatic rings. The first-order valence-corrected chi connectivity index (χ1v) is 5.55. The number of rotatable bonds is 5. The highest BCUT2D eigenvalue weighted by Crippen LogP contribution is 2.05. The molecule has 2 heterocycles. The van der Waals surface area contributed by atoms with Crippen molar-refractivity contribution in [1.82, 2.24) is 30.6 Å². The van der Waals surface area contributed by atoms with Gasteiger partial charge in [0, 0.05) is 12.5 Å². The highest BCUT2D eigenvalue weighted by Gasteiger charge is 2.08. The van der Waals surface area contributed by atoms with Crippen LogP contribution in [0.15, 0.2) is 12.1 Å². The summed E-state index contributed by atoms with van der Waals surface area (Å²) in [7, 11) is 1.98. The Labute approximate surface area is 94.0 Å². The molecule has 1 N–H and O–H groups in total. The number of tetrazole rings is 1. The molecule has 0 amide bonds. The molecular weight excluding hydrogens is 204 g/mol. The van der Waals surface area contributed by atoms with Crippen molar-refractivity contribution in [2.75, 3.05) is 7.05 Å². The van der Waals surface area contributed by atoms with Gasteiger partial charge in [0.2, 0.25) is 0 Å². The molecule has 0 fully saturated rings. The molecule has 0 aliphatic carbocycles. The Morgan fingerprint density at radius 2 is 2.31 bits per heavy atom. The highest BCUT2D eigenvalue weighted by atomic mass is 15.6. The van der Waals surface area contributed by atoms with Crippen molar-refractivity contribution in [1.29, 1.82) is 0 Å². The van der Waals surface area contributed by atoms with Crippen LogP contribution in [0.1, 0.15) is 25.5 Å². The fourth-order valence-corrected chi connectivity index (χ4v) is 1.74. The summed E-state index contributed by atoms with van der Waals surface area (Å²) in [5.41, 5.74) is 1.69. The van der Waals surface area contributed by atoms with E-state index in [9.17, 15) is 0 Å². The topological polar surface area (TPSA) is 68.0 Å². The predicted molar refractivity (Wildman–Crippen MR) is 60.0 cm³/mol. The van der Waals surface area contributed by atoms with Crippen molar-refractivity contribution in [2.24, 2.45) is 0 Å². The zero-order valence-electron chi connectivity index (χ0n) is 9.59. The second-order valence-electron chi connectivity index (χ2n) is 3.83. The average Bonchev–Trinajstić information content (AvgIpc) is 2.75. The van der Waals surface area contributed by atoms with Crippen molar-refractivity contribution in [3.05, 3.63) is 17.8 Å². The first-order chi connectivity index (χ1) is 7.83. The molecule has 0 aromatic carbocycles. The van der Waals surface area contributed by atoms with E-state index in [2.05, 4.69) is 32.9 Å². The van der Waals surface area contributed by atoms with Crippen LogP contribution < -0.4 is 5.32 Å². The minimum absolute atomic E-state index is 0.464. The molecule has 1 unspecified atom stereocenters. The van der Waals surface area contributed by atoms with Crippen LogP contribution in [0.2, 0.25) is 0 Å². The van der Waals surface area contributed by atoms with Gasteiger partial charge in [0.15, 0.2) is 5.65 Å². The molecule has 0 bridgehead atoms. The molecule has 1 atom stereocenters. The molecule has 2 rings (SSSR count). The number of likely N-dealkylation sites (N-methyl/N-ethyl adjacent to an activating group) is 1. The number of hydrogen-bond acceptors (Lipinski definition) is 5. The van der Waals surface area contributed by atoms with Crippen molar-refractivity contribution >= 4 is 5.65 Å². The molecule has 2 aromatic heterocycles. The summed E-state index contributed by atoms with van der Waals surface area (Å²) in [6.45, 7) is 2.18. The van der Waals surface area contributed by atoms with E-state index in [0.29, 0.717) is 11.7 Å². The third kappa shape index (κ3) is 2.33. The van der Waals surface area contributed by atoms with Crippen molar-refractivity contribution in [3.8, 4) is 0 Å². The average molecular weight is 220 g/mol. The van der Waals surface area contributed by atoms with Crippen molar-refractivity contribution in [2.45, 2.75) is 32.2 Å². The second-order valence-corrected chi connectivity index (χ2v) is 3.83. The highest BCUT2D eigenvalue weighted by molar-refractivity contribution is 5.32. The molecule has 6 heteroatoms. The Morgan fingerprint density at radius 1 is 1.44 bits per heavy atom. The van der Waals surface area contributed by atoms with Gasteiger partial charge < -0.3 is 5.32 Å². The predicted octanol–water partition coefficient (Wildman–Crippen LogP) is 0.450. The van der Waals surface area contributed by atoms with Gasteiger partial charge >= 0.3 is 0 Å². The van der Waals surface area contributed by atoms with Crippen LogP contribution in [-0.4, -0.2) is 38.3 Å². The van der Waals surface area contributed by atoms with E-state index < -0.39 is 0 Å². The lowest BCUT2D eigenvalue weighted by Gasteiger charge is -2.13. The van der Waals surface area contributed by atoms with Gasteiger partial charge in [0.1, 0.15) is 0 Å². The molecular formula is C10H16N6. The fourth-order valence-electron chi connectivity index (χ4n) is 1.74. The van der Waals surface area contributed by atoms with Crippen LogP contribution in [0.5, 0.6) is 0 Å². The Bertz CT molecular complexity index is 451. The monoisotopic (exact) mass is 220 g/mol. The third-order valence-corrected chi connectivity index (χ3v) is 2.63. The summed E-state index contributed by atoms with van der Waals surface area (Å²) >= 11 is 0. The number of fused-ring (bicyclic) bond motifs is 1. The lowest BCUT2D eigenvalue weighted by molar-refractivity contribution is 0.503. The van der Waals surface area contributed by atoms with Crippen LogP contribution in [0, 0.1) is 0 Å². The van der Waals surface area contributed by atoms with E-state index in [4.69, 9.17) is 0 Å². The van der Waals surface area contributed by atoms with Gasteiger partial charge in [-0.2, -0.15) is 5.10 Å². The van der Waals surface area contributed by atoms with Gasteiger partial charge in [-0.1, -0.05) is 13.3 Å². The number of nitrogens with one attached hydrogen (secondary N) is 1. The fraction of sp³-hybridized carbons (Fsp3) is 0.600. The molecule has 16 heavy (non-hydrogen) atoms. The zero-order chi connectivity index (χ0) is 11.4. The summed E-state index contributed by atoms with van der Waals surface area (Å²) in [5.74, 6) is 0. The van der Waals surface area contributed by atoms with Gasteiger partial charge in [-0.3, -0.25) is 0 Å². The first kappa shape index (κ1) is 10.9. The Balaban J connectivity index is 2.13. The minimum Gasteiger partial charge on any atom is -0.317 e. The van der Waals surface area contributed by atoms with Crippen LogP contribution in [0.3, 0.4) is 0 Å². The molecule has 6 nitrogen and oxygen atoms in total. The SMILES string of the molecule is CCCC(Cc1ccc2nnnn2n1)NC. The van der Waals surface area contributed by atoms with Crippen LogP contribution in [0.25, 0.3) is 5.65 Å². The maximum atomic E-state index is 4.35. The molecule has 0 saturated carbocycles. The number of nitrogens with zero attached hydrogens (tertiary/aromatic N) is 5. The maximum absolute atomic E-state index is 4.35. The van der Waals surface area contributed by atoms with E-state index in [0.717, 1.165) is 18.5 Å². The summed E-state index contributed by atoms with van der Waals surface area (Å²) in [4.78, 5) is 0. The van der Waals surface area contributed by atoms with E-state index in [1.54, 1.807) is 0 Å². The Kier molecular flexibility index (Phi) is 3.40. The smallest absolute Gasteiger partial charge is 0.199 e.